The summed E-state index contributed by atoms with van der Waals surface area (Å²) < 4.78 is 5.55. The molecule has 0 saturated heterocycles. The summed E-state index contributed by atoms with van der Waals surface area (Å²) in [7, 11) is 0. The number of hydrogen-bond acceptors (Lipinski definition) is 2. The second-order valence-corrected chi connectivity index (χ2v) is 4.21. The molecule has 0 fully saturated rings. The number of aliphatic hydroxyl groups is 1. The highest BCUT2D eigenvalue weighted by Crippen LogP contribution is 2.11. The minimum absolute atomic E-state index is 0.0479. The molecule has 2 nitrogen and oxygen atoms in total. The summed E-state index contributed by atoms with van der Waals surface area (Å²) >= 11 is 0. The lowest BCUT2D eigenvalue weighted by molar-refractivity contribution is -0.0123. The van der Waals surface area contributed by atoms with Crippen molar-refractivity contribution in [2.45, 2.75) is 46.1 Å². The van der Waals surface area contributed by atoms with E-state index < -0.39 is 0 Å². The summed E-state index contributed by atoms with van der Waals surface area (Å²) in [6, 6.07) is 0. The molecule has 1 unspecified atom stereocenters. The van der Waals surface area contributed by atoms with Crippen LogP contribution in [0.5, 0.6) is 0 Å². The van der Waals surface area contributed by atoms with Crippen molar-refractivity contribution in [1.82, 2.24) is 0 Å². The second kappa shape index (κ2) is 5.55. The van der Waals surface area contributed by atoms with E-state index in [9.17, 15) is 0 Å². The first-order valence-corrected chi connectivity index (χ1v) is 4.74. The highest BCUT2D eigenvalue weighted by Gasteiger charge is 2.11. The first kappa shape index (κ1) is 11.9. The van der Waals surface area contributed by atoms with Crippen molar-refractivity contribution >= 4 is 0 Å². The normalized spacial score (nSPS) is 14.8. The molecule has 0 amide bonds. The van der Waals surface area contributed by atoms with Gasteiger partial charge in [-0.05, 0) is 33.1 Å². The van der Waals surface area contributed by atoms with Gasteiger partial charge in [-0.1, -0.05) is 13.3 Å². The standard InChI is InChI=1S/C10H22O2/c1-5-9(8-11)6-7-12-10(2,3)4/h9,11H,5-8H2,1-4H3. The van der Waals surface area contributed by atoms with Crippen LogP contribution in [0.1, 0.15) is 40.5 Å². The molecule has 74 valence electrons. The van der Waals surface area contributed by atoms with E-state index in [0.29, 0.717) is 5.92 Å². The molecule has 0 aromatic carbocycles. The topological polar surface area (TPSA) is 29.5 Å². The molecule has 0 radical (unpaired) electrons. The minimum atomic E-state index is -0.0479. The fourth-order valence-corrected chi connectivity index (χ4v) is 0.956. The smallest absolute Gasteiger partial charge is 0.0598 e. The highest BCUT2D eigenvalue weighted by atomic mass is 16.5. The van der Waals surface area contributed by atoms with E-state index in [1.165, 1.54) is 0 Å². The lowest BCUT2D eigenvalue weighted by atomic mass is 10.0. The van der Waals surface area contributed by atoms with Crippen LogP contribution >= 0.6 is 0 Å². The zero-order chi connectivity index (χ0) is 9.61. The average Bonchev–Trinajstić information content (AvgIpc) is 1.96. The van der Waals surface area contributed by atoms with Crippen molar-refractivity contribution in [1.29, 1.82) is 0 Å². The van der Waals surface area contributed by atoms with Gasteiger partial charge in [-0.15, -0.1) is 0 Å². The van der Waals surface area contributed by atoms with Crippen LogP contribution < -0.4 is 0 Å². The van der Waals surface area contributed by atoms with Gasteiger partial charge < -0.3 is 9.84 Å². The maximum absolute atomic E-state index is 8.90. The van der Waals surface area contributed by atoms with Gasteiger partial charge in [0.05, 0.1) is 5.60 Å². The maximum Gasteiger partial charge on any atom is 0.0598 e. The van der Waals surface area contributed by atoms with Crippen LogP contribution in [-0.2, 0) is 4.74 Å². The Hall–Kier alpha value is -0.0800. The van der Waals surface area contributed by atoms with Gasteiger partial charge in [0.1, 0.15) is 0 Å². The zero-order valence-electron chi connectivity index (χ0n) is 8.76. The molecule has 2 heteroatoms. The van der Waals surface area contributed by atoms with Crippen LogP contribution in [0.4, 0.5) is 0 Å². The average molecular weight is 174 g/mol. The highest BCUT2D eigenvalue weighted by molar-refractivity contribution is 4.60. The molecule has 1 atom stereocenters. The van der Waals surface area contributed by atoms with Gasteiger partial charge in [0, 0.05) is 13.2 Å². The largest absolute Gasteiger partial charge is 0.396 e. The Labute approximate surface area is 75.9 Å². The molecular formula is C10H22O2. The fraction of sp³-hybridized carbons (Fsp3) is 1.00. The molecule has 1 N–H and O–H groups in total. The van der Waals surface area contributed by atoms with Crippen LogP contribution in [0.25, 0.3) is 0 Å². The molecule has 0 spiro atoms. The predicted octanol–water partition coefficient (Wildman–Crippen LogP) is 2.21. The Morgan fingerprint density at radius 1 is 1.33 bits per heavy atom. The summed E-state index contributed by atoms with van der Waals surface area (Å²) in [5, 5.41) is 8.90. The van der Waals surface area contributed by atoms with E-state index in [1.807, 2.05) is 20.8 Å². The van der Waals surface area contributed by atoms with Crippen LogP contribution in [0.15, 0.2) is 0 Å². The number of ether oxygens (including phenoxy) is 1. The van der Waals surface area contributed by atoms with Gasteiger partial charge in [0.25, 0.3) is 0 Å². The van der Waals surface area contributed by atoms with Crippen molar-refractivity contribution in [3.8, 4) is 0 Å². The fourth-order valence-electron chi connectivity index (χ4n) is 0.956. The maximum atomic E-state index is 8.90. The zero-order valence-corrected chi connectivity index (χ0v) is 8.76. The number of aliphatic hydroxyl groups excluding tert-OH is 1. The molecular weight excluding hydrogens is 152 g/mol. The van der Waals surface area contributed by atoms with Crippen molar-refractivity contribution in [3.05, 3.63) is 0 Å². The first-order valence-electron chi connectivity index (χ1n) is 4.74. The van der Waals surface area contributed by atoms with Crippen LogP contribution in [-0.4, -0.2) is 23.9 Å². The minimum Gasteiger partial charge on any atom is -0.396 e. The van der Waals surface area contributed by atoms with Gasteiger partial charge in [-0.3, -0.25) is 0 Å². The lowest BCUT2D eigenvalue weighted by Crippen LogP contribution is -2.21. The van der Waals surface area contributed by atoms with Crippen LogP contribution in [0.3, 0.4) is 0 Å². The Bertz CT molecular complexity index is 101. The summed E-state index contributed by atoms with van der Waals surface area (Å²) in [5.41, 5.74) is -0.0479. The molecule has 0 aliphatic carbocycles. The summed E-state index contributed by atoms with van der Waals surface area (Å²) in [6.07, 6.45) is 1.99. The summed E-state index contributed by atoms with van der Waals surface area (Å²) in [6.45, 7) is 9.28. The molecule has 0 heterocycles. The summed E-state index contributed by atoms with van der Waals surface area (Å²) in [5.74, 6) is 0.410. The molecule has 0 aliphatic heterocycles. The van der Waals surface area contributed by atoms with Crippen molar-refractivity contribution < 1.29 is 9.84 Å². The van der Waals surface area contributed by atoms with E-state index in [4.69, 9.17) is 9.84 Å². The molecule has 0 bridgehead atoms. The monoisotopic (exact) mass is 174 g/mol. The molecule has 0 saturated carbocycles. The van der Waals surface area contributed by atoms with Crippen LogP contribution in [0.2, 0.25) is 0 Å². The van der Waals surface area contributed by atoms with Gasteiger partial charge in [-0.25, -0.2) is 0 Å². The lowest BCUT2D eigenvalue weighted by Gasteiger charge is -2.21. The van der Waals surface area contributed by atoms with E-state index in [1.54, 1.807) is 0 Å². The third kappa shape index (κ3) is 6.62. The molecule has 0 aromatic heterocycles. The van der Waals surface area contributed by atoms with Gasteiger partial charge in [-0.2, -0.15) is 0 Å². The molecule has 0 aliphatic rings. The SMILES string of the molecule is CCC(CO)CCOC(C)(C)C. The Morgan fingerprint density at radius 3 is 2.25 bits per heavy atom. The van der Waals surface area contributed by atoms with Gasteiger partial charge in [0.2, 0.25) is 0 Å². The van der Waals surface area contributed by atoms with E-state index in [2.05, 4.69) is 6.92 Å². The number of rotatable bonds is 5. The predicted molar refractivity (Wildman–Crippen MR) is 51.2 cm³/mol. The van der Waals surface area contributed by atoms with Crippen molar-refractivity contribution in [3.63, 3.8) is 0 Å². The summed E-state index contributed by atoms with van der Waals surface area (Å²) in [4.78, 5) is 0. The van der Waals surface area contributed by atoms with Gasteiger partial charge >= 0.3 is 0 Å². The molecule has 0 aromatic rings. The molecule has 12 heavy (non-hydrogen) atoms. The third-order valence-corrected chi connectivity index (χ3v) is 1.90. The molecule has 0 rings (SSSR count). The Morgan fingerprint density at radius 2 is 1.92 bits per heavy atom. The van der Waals surface area contributed by atoms with E-state index in [-0.39, 0.29) is 12.2 Å². The van der Waals surface area contributed by atoms with Crippen molar-refractivity contribution in [2.24, 2.45) is 5.92 Å². The van der Waals surface area contributed by atoms with Crippen molar-refractivity contribution in [2.75, 3.05) is 13.2 Å². The van der Waals surface area contributed by atoms with E-state index >= 15 is 0 Å². The first-order chi connectivity index (χ1) is 5.49. The third-order valence-electron chi connectivity index (χ3n) is 1.90. The van der Waals surface area contributed by atoms with Gasteiger partial charge in [0.15, 0.2) is 0 Å². The number of hydrogen-bond donors (Lipinski definition) is 1. The Kier molecular flexibility index (Phi) is 5.51. The second-order valence-electron chi connectivity index (χ2n) is 4.21. The quantitative estimate of drug-likeness (QED) is 0.692. The Balaban J connectivity index is 3.41. The van der Waals surface area contributed by atoms with E-state index in [0.717, 1.165) is 19.4 Å². The van der Waals surface area contributed by atoms with Crippen LogP contribution in [0, 0.1) is 5.92 Å².